The number of hydrazone groups is 1. The summed E-state index contributed by atoms with van der Waals surface area (Å²) in [5, 5.41) is 4.66. The third-order valence-electron chi connectivity index (χ3n) is 3.90. The van der Waals surface area contributed by atoms with E-state index in [4.69, 9.17) is 16.3 Å². The van der Waals surface area contributed by atoms with Crippen LogP contribution in [0.3, 0.4) is 0 Å². The third-order valence-corrected chi connectivity index (χ3v) is 6.35. The van der Waals surface area contributed by atoms with Crippen molar-refractivity contribution in [3.63, 3.8) is 0 Å². The number of hydrogen-bond acceptors (Lipinski definition) is 4. The molecule has 1 amide bonds. The lowest BCUT2D eigenvalue weighted by Gasteiger charge is -2.11. The van der Waals surface area contributed by atoms with Crippen LogP contribution in [0.15, 0.2) is 79.6 Å². The molecule has 0 aliphatic carbocycles. The van der Waals surface area contributed by atoms with E-state index in [2.05, 4.69) is 42.4 Å². The van der Waals surface area contributed by atoms with Gasteiger partial charge in [0.05, 0.1) is 20.9 Å². The fourth-order valence-electron chi connectivity index (χ4n) is 2.42. The quantitative estimate of drug-likeness (QED) is 0.179. The molecule has 3 aromatic carbocycles. The van der Waals surface area contributed by atoms with Crippen LogP contribution in [0.25, 0.3) is 0 Å². The number of hydrogen-bond donors (Lipinski definition) is 1. The fraction of sp³-hybridized carbons (Fsp3) is 0.0909. The van der Waals surface area contributed by atoms with Gasteiger partial charge in [-0.15, -0.1) is 11.8 Å². The smallest absolute Gasteiger partial charge is 0.250 e. The minimum absolute atomic E-state index is 0.214. The van der Waals surface area contributed by atoms with Crippen LogP contribution in [0, 0.1) is 5.82 Å². The second kappa shape index (κ2) is 11.7. The third kappa shape index (κ3) is 7.64. The lowest BCUT2D eigenvalue weighted by Crippen LogP contribution is -2.19. The molecule has 3 aromatic rings. The van der Waals surface area contributed by atoms with Crippen LogP contribution in [-0.2, 0) is 11.4 Å². The number of carbonyl (C=O) groups is 1. The molecule has 4 nitrogen and oxygen atoms in total. The summed E-state index contributed by atoms with van der Waals surface area (Å²) in [5.41, 5.74) is 4.12. The van der Waals surface area contributed by atoms with Crippen LogP contribution >= 0.6 is 55.2 Å². The maximum Gasteiger partial charge on any atom is 0.250 e. The van der Waals surface area contributed by atoms with Crippen molar-refractivity contribution >= 4 is 67.3 Å². The summed E-state index contributed by atoms with van der Waals surface area (Å²) in [7, 11) is 0. The van der Waals surface area contributed by atoms with Crippen molar-refractivity contribution in [2.75, 3.05) is 5.75 Å². The van der Waals surface area contributed by atoms with Crippen molar-refractivity contribution in [3.8, 4) is 5.75 Å². The number of nitrogens with one attached hydrogen (secondary N) is 1. The molecule has 1 N–H and O–H groups in total. The van der Waals surface area contributed by atoms with Crippen molar-refractivity contribution in [2.24, 2.45) is 5.10 Å². The molecule has 0 aromatic heterocycles. The number of amides is 1. The number of ether oxygens (including phenoxy) is 1. The monoisotopic (exact) mass is 584 g/mol. The number of nitrogens with zero attached hydrogens (tertiary/aromatic N) is 1. The Bertz CT molecular complexity index is 1060. The largest absolute Gasteiger partial charge is 0.487 e. The average molecular weight is 587 g/mol. The van der Waals surface area contributed by atoms with Gasteiger partial charge in [0.2, 0.25) is 5.91 Å². The molecule has 0 radical (unpaired) electrons. The summed E-state index contributed by atoms with van der Waals surface area (Å²) in [6, 6.07) is 17.1. The Hall–Kier alpha value is -1.87. The first-order chi connectivity index (χ1) is 14.9. The van der Waals surface area contributed by atoms with Crippen LogP contribution in [-0.4, -0.2) is 17.9 Å². The van der Waals surface area contributed by atoms with E-state index in [1.807, 2.05) is 24.3 Å². The predicted octanol–water partition coefficient (Wildman–Crippen LogP) is 6.83. The van der Waals surface area contributed by atoms with E-state index < -0.39 is 0 Å². The van der Waals surface area contributed by atoms with E-state index in [0.717, 1.165) is 25.0 Å². The number of thioether (sulfide) groups is 1. The summed E-state index contributed by atoms with van der Waals surface area (Å²) in [4.78, 5) is 12.9. The van der Waals surface area contributed by atoms with Crippen molar-refractivity contribution in [1.29, 1.82) is 0 Å². The Morgan fingerprint density at radius 3 is 2.39 bits per heavy atom. The first kappa shape index (κ1) is 23.8. The zero-order valence-corrected chi connectivity index (χ0v) is 20.7. The molecule has 9 heteroatoms. The Kier molecular flexibility index (Phi) is 8.95. The number of rotatable bonds is 8. The standard InChI is InChI=1S/C22H16Br2ClFN2O2S/c23-19-9-15(10-20(24)22(19)30-12-14-1-5-17(26)6-2-14)11-27-28-21(29)13-31-18-7-3-16(25)4-8-18/h1-11H,12-13H2,(H,28,29)/b27-11-. The number of carbonyl (C=O) groups excluding carboxylic acids is 1. The summed E-state index contributed by atoms with van der Waals surface area (Å²) in [6.07, 6.45) is 1.55. The first-order valence-corrected chi connectivity index (χ1v) is 11.9. The molecular formula is C22H16Br2ClFN2O2S. The Balaban J connectivity index is 1.52. The minimum atomic E-state index is -0.287. The molecule has 0 spiro atoms. The van der Waals surface area contributed by atoms with Crippen LogP contribution < -0.4 is 10.2 Å². The van der Waals surface area contributed by atoms with E-state index in [0.29, 0.717) is 17.4 Å². The minimum Gasteiger partial charge on any atom is -0.487 e. The highest BCUT2D eigenvalue weighted by Crippen LogP contribution is 2.35. The molecule has 0 saturated heterocycles. The molecule has 0 fully saturated rings. The fourth-order valence-corrected chi connectivity index (χ4v) is 4.69. The average Bonchev–Trinajstić information content (AvgIpc) is 2.74. The molecule has 0 aliphatic heterocycles. The SMILES string of the molecule is O=C(CSc1ccc(Cl)cc1)N/N=C\c1cc(Br)c(OCc2ccc(F)cc2)c(Br)c1. The highest BCUT2D eigenvalue weighted by molar-refractivity contribution is 9.11. The van der Waals surface area contributed by atoms with Crippen LogP contribution in [0.5, 0.6) is 5.75 Å². The van der Waals surface area contributed by atoms with Crippen molar-refractivity contribution < 1.29 is 13.9 Å². The van der Waals surface area contributed by atoms with E-state index in [1.54, 1.807) is 30.5 Å². The van der Waals surface area contributed by atoms with Gasteiger partial charge >= 0.3 is 0 Å². The molecular weight excluding hydrogens is 571 g/mol. The Morgan fingerprint density at radius 1 is 1.10 bits per heavy atom. The zero-order chi connectivity index (χ0) is 22.2. The van der Waals surface area contributed by atoms with Gasteiger partial charge in [-0.05, 0) is 91.5 Å². The lowest BCUT2D eigenvalue weighted by molar-refractivity contribution is -0.118. The normalized spacial score (nSPS) is 11.0. The highest BCUT2D eigenvalue weighted by Gasteiger charge is 2.09. The molecule has 0 unspecified atom stereocenters. The van der Waals surface area contributed by atoms with E-state index in [-0.39, 0.29) is 17.5 Å². The van der Waals surface area contributed by atoms with Gasteiger partial charge in [-0.3, -0.25) is 4.79 Å². The van der Waals surface area contributed by atoms with Crippen molar-refractivity contribution in [3.05, 3.63) is 91.6 Å². The summed E-state index contributed by atoms with van der Waals surface area (Å²) in [6.45, 7) is 0.298. The second-order valence-electron chi connectivity index (χ2n) is 6.26. The van der Waals surface area contributed by atoms with Crippen LogP contribution in [0.2, 0.25) is 5.02 Å². The van der Waals surface area contributed by atoms with Gasteiger partial charge in [0.1, 0.15) is 18.2 Å². The lowest BCUT2D eigenvalue weighted by atomic mass is 10.2. The number of benzene rings is 3. The van der Waals surface area contributed by atoms with E-state index in [9.17, 15) is 9.18 Å². The van der Waals surface area contributed by atoms with Crippen molar-refractivity contribution in [2.45, 2.75) is 11.5 Å². The molecule has 0 atom stereocenters. The van der Waals surface area contributed by atoms with Crippen molar-refractivity contribution in [1.82, 2.24) is 5.43 Å². The summed E-state index contributed by atoms with van der Waals surface area (Å²) < 4.78 is 20.3. The summed E-state index contributed by atoms with van der Waals surface area (Å²) >= 11 is 14.2. The van der Waals surface area contributed by atoms with E-state index in [1.165, 1.54) is 23.9 Å². The number of halogens is 4. The molecule has 0 aliphatic rings. The van der Waals surface area contributed by atoms with Gasteiger partial charge in [0.25, 0.3) is 0 Å². The first-order valence-electron chi connectivity index (χ1n) is 8.97. The molecule has 0 heterocycles. The molecule has 160 valence electrons. The van der Waals surface area contributed by atoms with Gasteiger partial charge in [-0.2, -0.15) is 5.10 Å². The Labute approximate surface area is 205 Å². The van der Waals surface area contributed by atoms with Gasteiger partial charge in [0.15, 0.2) is 0 Å². The highest BCUT2D eigenvalue weighted by atomic mass is 79.9. The molecule has 3 rings (SSSR count). The Morgan fingerprint density at radius 2 is 1.74 bits per heavy atom. The van der Waals surface area contributed by atoms with Gasteiger partial charge < -0.3 is 4.74 Å². The van der Waals surface area contributed by atoms with Crippen LogP contribution in [0.4, 0.5) is 4.39 Å². The molecule has 0 bridgehead atoms. The molecule has 0 saturated carbocycles. The zero-order valence-electron chi connectivity index (χ0n) is 15.9. The molecule has 31 heavy (non-hydrogen) atoms. The maximum atomic E-state index is 13.0. The van der Waals surface area contributed by atoms with Gasteiger partial charge in [0, 0.05) is 9.92 Å². The van der Waals surface area contributed by atoms with E-state index >= 15 is 0 Å². The topological polar surface area (TPSA) is 50.7 Å². The predicted molar refractivity (Wildman–Crippen MR) is 130 cm³/mol. The van der Waals surface area contributed by atoms with Gasteiger partial charge in [-0.25, -0.2) is 9.82 Å². The second-order valence-corrected chi connectivity index (χ2v) is 9.46. The maximum absolute atomic E-state index is 13.0. The van der Waals surface area contributed by atoms with Crippen LogP contribution in [0.1, 0.15) is 11.1 Å². The van der Waals surface area contributed by atoms with Gasteiger partial charge in [-0.1, -0.05) is 23.7 Å². The summed E-state index contributed by atoms with van der Waals surface area (Å²) in [5.74, 6) is 0.353.